The molecule has 2 atom stereocenters. The van der Waals surface area contributed by atoms with E-state index in [-0.39, 0.29) is 28.9 Å². The molecule has 1 aromatic carbocycles. The predicted molar refractivity (Wildman–Crippen MR) is 131 cm³/mol. The van der Waals surface area contributed by atoms with E-state index in [9.17, 15) is 24.6 Å². The van der Waals surface area contributed by atoms with Crippen molar-refractivity contribution in [3.63, 3.8) is 0 Å². The zero-order chi connectivity index (χ0) is 25.6. The molecule has 2 N–H and O–H groups in total. The molecule has 9 heteroatoms. The molecular weight excluding hydrogens is 456 g/mol. The smallest absolute Gasteiger partial charge is 0.352 e. The third-order valence-electron chi connectivity index (χ3n) is 5.80. The maximum absolute atomic E-state index is 12.9. The van der Waals surface area contributed by atoms with Gasteiger partial charge in [0, 0.05) is 35.6 Å². The molecule has 1 aromatic rings. The highest BCUT2D eigenvalue weighted by Gasteiger charge is 2.53. The Morgan fingerprint density at radius 2 is 1.74 bits per heavy atom. The zero-order valence-electron chi connectivity index (χ0n) is 20.6. The number of nitrogens with zero attached hydrogens (tertiary/aromatic N) is 2. The number of fused-ring (bicyclic) bond motifs is 1. The van der Waals surface area contributed by atoms with Crippen LogP contribution in [0.3, 0.4) is 0 Å². The van der Waals surface area contributed by atoms with Gasteiger partial charge in [-0.25, -0.2) is 4.79 Å². The molecule has 8 nitrogen and oxygen atoms in total. The van der Waals surface area contributed by atoms with Crippen molar-refractivity contribution in [1.29, 1.82) is 0 Å². The molecule has 0 spiro atoms. The lowest BCUT2D eigenvalue weighted by molar-refractivity contribution is -0.148. The summed E-state index contributed by atoms with van der Waals surface area (Å²) in [7, 11) is 0. The number of rotatable bonds is 5. The Morgan fingerprint density at radius 3 is 2.21 bits per heavy atom. The van der Waals surface area contributed by atoms with Crippen molar-refractivity contribution in [3.8, 4) is 5.75 Å². The third kappa shape index (κ3) is 4.99. The highest BCUT2D eigenvalue weighted by Crippen LogP contribution is 2.42. The van der Waals surface area contributed by atoms with Gasteiger partial charge in [-0.2, -0.15) is 0 Å². The highest BCUT2D eigenvalue weighted by atomic mass is 32.2. The Morgan fingerprint density at radius 1 is 1.18 bits per heavy atom. The number of aliphatic imine (C=N–C) groups is 1. The van der Waals surface area contributed by atoms with Gasteiger partial charge in [-0.05, 0) is 28.5 Å². The lowest BCUT2D eigenvalue weighted by Crippen LogP contribution is -2.64. The molecule has 0 unspecified atom stereocenters. The minimum absolute atomic E-state index is 0.129. The number of benzene rings is 1. The summed E-state index contributed by atoms with van der Waals surface area (Å²) in [5.41, 5.74) is 2.02. The number of β-lactam (4-membered cyclic amide) rings is 1. The quantitative estimate of drug-likeness (QED) is 0.370. The van der Waals surface area contributed by atoms with Gasteiger partial charge < -0.3 is 14.9 Å². The summed E-state index contributed by atoms with van der Waals surface area (Å²) in [4.78, 5) is 41.6. The predicted octanol–water partition coefficient (Wildman–Crippen LogP) is 3.59. The molecule has 0 aliphatic carbocycles. The lowest BCUT2D eigenvalue weighted by atomic mass is 9.78. The number of aromatic hydroxyl groups is 1. The maximum atomic E-state index is 12.9. The Labute approximate surface area is 204 Å². The van der Waals surface area contributed by atoms with Crippen LogP contribution in [-0.2, 0) is 30.0 Å². The van der Waals surface area contributed by atoms with Gasteiger partial charge in [0.1, 0.15) is 23.4 Å². The monoisotopic (exact) mass is 488 g/mol. The number of hydrogen-bond acceptors (Lipinski definition) is 7. The topological polar surface area (TPSA) is 116 Å². The summed E-state index contributed by atoms with van der Waals surface area (Å²) < 4.78 is 4.96. The van der Waals surface area contributed by atoms with Crippen LogP contribution < -0.4 is 0 Å². The summed E-state index contributed by atoms with van der Waals surface area (Å²) in [5.74, 6) is -1.55. The van der Waals surface area contributed by atoms with E-state index < -0.39 is 29.3 Å². The number of carbonyl (C=O) groups excluding carboxylic acids is 2. The van der Waals surface area contributed by atoms with Crippen molar-refractivity contribution in [3.05, 3.63) is 40.1 Å². The van der Waals surface area contributed by atoms with Crippen molar-refractivity contribution in [2.45, 2.75) is 70.7 Å². The number of carboxylic acids is 1. The number of phenols is 1. The molecule has 34 heavy (non-hydrogen) atoms. The van der Waals surface area contributed by atoms with E-state index >= 15 is 0 Å². The number of carboxylic acid groups (broad SMARTS) is 1. The molecule has 2 aliphatic rings. The average Bonchev–Trinajstić information content (AvgIpc) is 2.70. The van der Waals surface area contributed by atoms with Crippen molar-refractivity contribution < 1.29 is 29.3 Å². The fourth-order valence-electron chi connectivity index (χ4n) is 4.01. The Kier molecular flexibility index (Phi) is 6.90. The minimum Gasteiger partial charge on any atom is -0.507 e. The molecule has 0 aromatic heterocycles. The summed E-state index contributed by atoms with van der Waals surface area (Å²) in [5, 5.41) is 20.1. The van der Waals surface area contributed by atoms with Gasteiger partial charge in [-0.15, -0.1) is 11.8 Å². The van der Waals surface area contributed by atoms with E-state index in [0.717, 1.165) is 16.7 Å². The van der Waals surface area contributed by atoms with E-state index in [4.69, 9.17) is 4.74 Å². The number of carbonyl (C=O) groups is 3. The number of ether oxygens (including phenoxy) is 1. The summed E-state index contributed by atoms with van der Waals surface area (Å²) in [6, 6.07) is 3.05. The van der Waals surface area contributed by atoms with Crippen LogP contribution in [0.2, 0.25) is 0 Å². The van der Waals surface area contributed by atoms with Crippen molar-refractivity contribution in [2.75, 3.05) is 12.4 Å². The minimum atomic E-state index is -1.23. The maximum Gasteiger partial charge on any atom is 0.352 e. The van der Waals surface area contributed by atoms with Gasteiger partial charge >= 0.3 is 11.9 Å². The van der Waals surface area contributed by atoms with Crippen LogP contribution in [-0.4, -0.2) is 62.9 Å². The zero-order valence-corrected chi connectivity index (χ0v) is 21.4. The summed E-state index contributed by atoms with van der Waals surface area (Å²) >= 11 is 1.40. The van der Waals surface area contributed by atoms with E-state index in [1.54, 1.807) is 6.21 Å². The second-order valence-corrected chi connectivity index (χ2v) is 11.7. The largest absolute Gasteiger partial charge is 0.507 e. The van der Waals surface area contributed by atoms with Gasteiger partial charge in [0.2, 0.25) is 0 Å². The van der Waals surface area contributed by atoms with Gasteiger partial charge in [0.25, 0.3) is 5.91 Å². The molecule has 2 heterocycles. The second-order valence-electron chi connectivity index (χ2n) is 10.6. The fourth-order valence-corrected chi connectivity index (χ4v) is 5.33. The van der Waals surface area contributed by atoms with Crippen LogP contribution in [0.25, 0.3) is 0 Å². The molecule has 2 aliphatic heterocycles. The van der Waals surface area contributed by atoms with E-state index in [2.05, 4.69) is 4.99 Å². The SMILES string of the molecule is CC(=O)OCC1=C(C(=O)O)N2C(=O)[C@@H](/N=C/c3cc(C(C)(C)C)c(O)c(C(C)(C)C)c3)[C@H]2SC1. The van der Waals surface area contributed by atoms with Crippen LogP contribution in [0, 0.1) is 0 Å². The molecule has 3 rings (SSSR count). The van der Waals surface area contributed by atoms with Crippen LogP contribution in [0.15, 0.2) is 28.4 Å². The first-order valence-corrected chi connectivity index (χ1v) is 12.1. The fraction of sp³-hybridized carbons (Fsp3) is 0.520. The van der Waals surface area contributed by atoms with Crippen molar-refractivity contribution in [1.82, 2.24) is 4.90 Å². The first-order chi connectivity index (χ1) is 15.6. The molecular formula is C25H32N2O6S. The van der Waals surface area contributed by atoms with E-state index in [1.165, 1.54) is 23.6 Å². The standard InChI is InChI=1S/C25H32N2O6S/c1-13(28)33-11-15-12-34-22-18(21(30)27(22)19(15)23(31)32)26-10-14-8-16(24(2,3)4)20(29)17(9-14)25(5,6)7/h8-10,18,22,29H,11-12H2,1-7H3,(H,31,32)/b26-10+/t18-,22-/m1/s1. The number of phenolic OH excluding ortho intramolecular Hbond substituents is 1. The number of thioether (sulfide) groups is 1. The second kappa shape index (κ2) is 9.09. The van der Waals surface area contributed by atoms with Crippen LogP contribution in [0.5, 0.6) is 5.75 Å². The number of aliphatic carboxylic acids is 1. The van der Waals surface area contributed by atoms with E-state index in [0.29, 0.717) is 11.3 Å². The molecule has 1 fully saturated rings. The summed E-state index contributed by atoms with van der Waals surface area (Å²) in [6.07, 6.45) is 1.63. The number of hydrogen-bond donors (Lipinski definition) is 2. The van der Waals surface area contributed by atoms with Gasteiger partial charge in [0.05, 0.1) is 0 Å². The first kappa shape index (κ1) is 25.8. The number of amides is 1. The van der Waals surface area contributed by atoms with Gasteiger partial charge in [0.15, 0.2) is 6.04 Å². The van der Waals surface area contributed by atoms with Gasteiger partial charge in [-0.1, -0.05) is 41.5 Å². The average molecular weight is 489 g/mol. The van der Waals surface area contributed by atoms with Crippen LogP contribution >= 0.6 is 11.8 Å². The molecule has 184 valence electrons. The van der Waals surface area contributed by atoms with Crippen molar-refractivity contribution >= 4 is 35.8 Å². The van der Waals surface area contributed by atoms with Crippen molar-refractivity contribution in [2.24, 2.45) is 4.99 Å². The van der Waals surface area contributed by atoms with Crippen LogP contribution in [0.1, 0.15) is 65.2 Å². The molecule has 1 saturated heterocycles. The van der Waals surface area contributed by atoms with E-state index in [1.807, 2.05) is 53.7 Å². The highest BCUT2D eigenvalue weighted by molar-refractivity contribution is 8.00. The normalized spacial score (nSPS) is 20.9. The van der Waals surface area contributed by atoms with Crippen LogP contribution in [0.4, 0.5) is 0 Å². The summed E-state index contributed by atoms with van der Waals surface area (Å²) in [6.45, 7) is 13.2. The first-order valence-electron chi connectivity index (χ1n) is 11.1. The molecule has 1 amide bonds. The molecule has 0 bridgehead atoms. The molecule has 0 saturated carbocycles. The molecule has 0 radical (unpaired) electrons. The third-order valence-corrected chi connectivity index (χ3v) is 7.13. The Bertz CT molecular complexity index is 1060. The van der Waals surface area contributed by atoms with Gasteiger partial charge in [-0.3, -0.25) is 19.5 Å². The lowest BCUT2D eigenvalue weighted by Gasteiger charge is -2.47. The number of esters is 1. The Hall–Kier alpha value is -2.81. The Balaban J connectivity index is 1.91.